The third-order valence-electron chi connectivity index (χ3n) is 3.26. The lowest BCUT2D eigenvalue weighted by Gasteiger charge is -2.06. The number of rotatable bonds is 3. The molecular formula is C15H15N3O3S. The van der Waals surface area contributed by atoms with Crippen molar-refractivity contribution in [2.45, 2.75) is 26.4 Å². The summed E-state index contributed by atoms with van der Waals surface area (Å²) >= 11 is 1.44. The smallest absolute Gasteiger partial charge is 0.338 e. The molecule has 2 N–H and O–H groups in total. The van der Waals surface area contributed by atoms with Gasteiger partial charge >= 0.3 is 12.0 Å². The number of esters is 1. The number of benzene rings is 1. The zero-order chi connectivity index (χ0) is 15.7. The van der Waals surface area contributed by atoms with Crippen molar-refractivity contribution in [2.24, 2.45) is 0 Å². The molecule has 0 spiro atoms. The minimum absolute atomic E-state index is 0.289. The number of ether oxygens (including phenoxy) is 1. The van der Waals surface area contributed by atoms with Crippen molar-refractivity contribution in [3.63, 3.8) is 0 Å². The van der Waals surface area contributed by atoms with Crippen LogP contribution < -0.4 is 10.6 Å². The summed E-state index contributed by atoms with van der Waals surface area (Å²) in [6.07, 6.45) is 1.76. The standard InChI is InChI=1S/C15H15N3O3S/c1-8(2)12-6-16-15(22-12)18-14(20)17-10-4-3-9-7-21-13(19)11(9)5-10/h3-6,8H,7H2,1-2H3,(H2,16,17,18,20). The van der Waals surface area contributed by atoms with E-state index in [0.29, 0.717) is 22.3 Å². The van der Waals surface area contributed by atoms with Crippen LogP contribution in [0, 0.1) is 0 Å². The largest absolute Gasteiger partial charge is 0.457 e. The van der Waals surface area contributed by atoms with Gasteiger partial charge in [-0.1, -0.05) is 19.9 Å². The first-order valence-corrected chi connectivity index (χ1v) is 7.68. The Morgan fingerprint density at radius 3 is 2.91 bits per heavy atom. The van der Waals surface area contributed by atoms with Crippen LogP contribution in [-0.2, 0) is 11.3 Å². The molecule has 114 valence electrons. The lowest BCUT2D eigenvalue weighted by Crippen LogP contribution is -2.19. The number of cyclic esters (lactones) is 1. The molecule has 2 aromatic rings. The molecule has 0 unspecified atom stereocenters. The maximum absolute atomic E-state index is 12.0. The number of carbonyl (C=O) groups is 2. The molecule has 0 bridgehead atoms. The van der Waals surface area contributed by atoms with Crippen LogP contribution in [0.1, 0.15) is 40.6 Å². The second-order valence-corrected chi connectivity index (χ2v) is 6.31. The number of urea groups is 1. The zero-order valence-corrected chi connectivity index (χ0v) is 13.0. The fourth-order valence-electron chi connectivity index (χ4n) is 2.06. The first kappa shape index (κ1) is 14.5. The molecule has 0 radical (unpaired) electrons. The van der Waals surface area contributed by atoms with E-state index in [4.69, 9.17) is 4.74 Å². The number of nitrogens with zero attached hydrogens (tertiary/aromatic N) is 1. The van der Waals surface area contributed by atoms with Crippen LogP contribution in [0.5, 0.6) is 0 Å². The average molecular weight is 317 g/mol. The molecule has 2 heterocycles. The maximum atomic E-state index is 12.0. The van der Waals surface area contributed by atoms with Crippen LogP contribution >= 0.6 is 11.3 Å². The molecule has 0 atom stereocenters. The molecule has 22 heavy (non-hydrogen) atoms. The minimum atomic E-state index is -0.393. The predicted molar refractivity (Wildman–Crippen MR) is 84.4 cm³/mol. The van der Waals surface area contributed by atoms with E-state index in [9.17, 15) is 9.59 Å². The number of anilines is 2. The van der Waals surface area contributed by atoms with Gasteiger partial charge in [0, 0.05) is 22.3 Å². The predicted octanol–water partition coefficient (Wildman–Crippen LogP) is 3.58. The van der Waals surface area contributed by atoms with E-state index in [1.54, 1.807) is 24.4 Å². The lowest BCUT2D eigenvalue weighted by atomic mass is 10.1. The van der Waals surface area contributed by atoms with E-state index >= 15 is 0 Å². The molecule has 6 nitrogen and oxygen atoms in total. The molecule has 7 heteroatoms. The van der Waals surface area contributed by atoms with Gasteiger partial charge in [-0.05, 0) is 18.1 Å². The van der Waals surface area contributed by atoms with Crippen LogP contribution in [-0.4, -0.2) is 17.0 Å². The highest BCUT2D eigenvalue weighted by Gasteiger charge is 2.21. The van der Waals surface area contributed by atoms with Gasteiger partial charge in [0.1, 0.15) is 6.61 Å². The van der Waals surface area contributed by atoms with Crippen molar-refractivity contribution in [2.75, 3.05) is 10.6 Å². The van der Waals surface area contributed by atoms with E-state index in [-0.39, 0.29) is 12.6 Å². The van der Waals surface area contributed by atoms with Gasteiger partial charge < -0.3 is 10.1 Å². The third-order valence-corrected chi connectivity index (χ3v) is 4.47. The van der Waals surface area contributed by atoms with Crippen LogP contribution in [0.3, 0.4) is 0 Å². The summed E-state index contributed by atoms with van der Waals surface area (Å²) in [5.74, 6) is 0.0133. The lowest BCUT2D eigenvalue weighted by molar-refractivity contribution is 0.0535. The molecule has 2 amide bonds. The molecule has 1 aliphatic rings. The Morgan fingerprint density at radius 2 is 2.18 bits per heavy atom. The van der Waals surface area contributed by atoms with E-state index in [1.807, 2.05) is 0 Å². The fourth-order valence-corrected chi connectivity index (χ4v) is 2.88. The van der Waals surface area contributed by atoms with Crippen molar-refractivity contribution in [1.29, 1.82) is 0 Å². The molecule has 1 aromatic heterocycles. The van der Waals surface area contributed by atoms with Gasteiger partial charge in [-0.3, -0.25) is 5.32 Å². The Kier molecular flexibility index (Phi) is 3.81. The van der Waals surface area contributed by atoms with E-state index in [2.05, 4.69) is 29.5 Å². The highest BCUT2D eigenvalue weighted by molar-refractivity contribution is 7.15. The number of amides is 2. The highest BCUT2D eigenvalue weighted by Crippen LogP contribution is 2.26. The molecule has 1 aromatic carbocycles. The van der Waals surface area contributed by atoms with Crippen molar-refractivity contribution in [1.82, 2.24) is 4.98 Å². The average Bonchev–Trinajstić information content (AvgIpc) is 3.07. The summed E-state index contributed by atoms with van der Waals surface area (Å²) < 4.78 is 4.93. The Labute approximate surface area is 131 Å². The van der Waals surface area contributed by atoms with Gasteiger partial charge in [-0.15, -0.1) is 11.3 Å². The molecule has 0 saturated heterocycles. The first-order chi connectivity index (χ1) is 10.5. The molecule has 0 aliphatic carbocycles. The van der Waals surface area contributed by atoms with Crippen molar-refractivity contribution in [3.05, 3.63) is 40.4 Å². The van der Waals surface area contributed by atoms with Crippen LogP contribution in [0.25, 0.3) is 0 Å². The first-order valence-electron chi connectivity index (χ1n) is 6.86. The van der Waals surface area contributed by atoms with Crippen LogP contribution in [0.4, 0.5) is 15.6 Å². The van der Waals surface area contributed by atoms with Gasteiger partial charge in [-0.2, -0.15) is 0 Å². The SMILES string of the molecule is CC(C)c1cnc(NC(=O)Nc2ccc3c(c2)C(=O)OC3)s1. The number of thiazole rings is 1. The molecule has 0 fully saturated rings. The normalized spacial score (nSPS) is 13.0. The van der Waals surface area contributed by atoms with Crippen molar-refractivity contribution in [3.8, 4) is 0 Å². The Balaban J connectivity index is 1.66. The summed E-state index contributed by atoms with van der Waals surface area (Å²) in [4.78, 5) is 28.7. The second kappa shape index (κ2) is 5.76. The number of fused-ring (bicyclic) bond motifs is 1. The third kappa shape index (κ3) is 2.94. The van der Waals surface area contributed by atoms with E-state index in [1.165, 1.54) is 11.3 Å². The number of hydrogen-bond donors (Lipinski definition) is 2. The Morgan fingerprint density at radius 1 is 1.36 bits per heavy atom. The quantitative estimate of drug-likeness (QED) is 0.848. The number of aromatic nitrogens is 1. The summed E-state index contributed by atoms with van der Waals surface area (Å²) in [7, 11) is 0. The van der Waals surface area contributed by atoms with Gasteiger partial charge in [0.25, 0.3) is 0 Å². The zero-order valence-electron chi connectivity index (χ0n) is 12.2. The molecule has 0 saturated carbocycles. The topological polar surface area (TPSA) is 80.3 Å². The van der Waals surface area contributed by atoms with Crippen molar-refractivity contribution < 1.29 is 14.3 Å². The summed E-state index contributed by atoms with van der Waals surface area (Å²) in [5.41, 5.74) is 1.86. The van der Waals surface area contributed by atoms with E-state index in [0.717, 1.165) is 10.4 Å². The van der Waals surface area contributed by atoms with Gasteiger partial charge in [-0.25, -0.2) is 14.6 Å². The number of hydrogen-bond acceptors (Lipinski definition) is 5. The molecule has 1 aliphatic heterocycles. The molecule has 3 rings (SSSR count). The van der Waals surface area contributed by atoms with E-state index < -0.39 is 6.03 Å². The highest BCUT2D eigenvalue weighted by atomic mass is 32.1. The monoisotopic (exact) mass is 317 g/mol. The van der Waals surface area contributed by atoms with Crippen LogP contribution in [0.2, 0.25) is 0 Å². The fraction of sp³-hybridized carbons (Fsp3) is 0.267. The second-order valence-electron chi connectivity index (χ2n) is 5.25. The Bertz CT molecular complexity index is 739. The molecular weight excluding hydrogens is 302 g/mol. The van der Waals surface area contributed by atoms with Gasteiger partial charge in [0.2, 0.25) is 0 Å². The number of nitrogens with one attached hydrogen (secondary N) is 2. The van der Waals surface area contributed by atoms with Crippen LogP contribution in [0.15, 0.2) is 24.4 Å². The summed E-state index contributed by atoms with van der Waals surface area (Å²) in [6.45, 7) is 4.43. The van der Waals surface area contributed by atoms with Gasteiger partial charge in [0.15, 0.2) is 5.13 Å². The maximum Gasteiger partial charge on any atom is 0.338 e. The number of carbonyl (C=O) groups excluding carboxylic acids is 2. The summed E-state index contributed by atoms with van der Waals surface area (Å²) in [6, 6.07) is 4.74. The Hall–Kier alpha value is -2.41. The van der Waals surface area contributed by atoms with Gasteiger partial charge in [0.05, 0.1) is 5.56 Å². The van der Waals surface area contributed by atoms with Crippen molar-refractivity contribution >= 4 is 34.2 Å². The minimum Gasteiger partial charge on any atom is -0.457 e. The summed E-state index contributed by atoms with van der Waals surface area (Å²) in [5, 5.41) is 5.92.